The number of piperidine rings is 1. The molecule has 2 fully saturated rings. The van der Waals surface area contributed by atoms with E-state index in [1.165, 1.54) is 27.4 Å². The lowest BCUT2D eigenvalue weighted by Gasteiger charge is -2.39. The zero-order valence-electron chi connectivity index (χ0n) is 25.5. The van der Waals surface area contributed by atoms with Gasteiger partial charge >= 0.3 is 0 Å². The molecule has 1 atom stereocenters. The van der Waals surface area contributed by atoms with Gasteiger partial charge in [0.2, 0.25) is 5.91 Å². The molecule has 5 heterocycles. The Balaban J connectivity index is 1.02. The molecule has 0 bridgehead atoms. The SMILES string of the molecule is Cc1sc2c(c1C)C(c1ccc(N3CCC(C(=O)N4CCN(c5ccccc5)CC4)CC3)cc1)=N[C@@H](C)c1nnc(C)n1-2. The van der Waals surface area contributed by atoms with E-state index >= 15 is 0 Å². The number of rotatable bonds is 4. The van der Waals surface area contributed by atoms with Gasteiger partial charge in [0.1, 0.15) is 16.9 Å². The normalized spacial score (nSPS) is 19.1. The minimum Gasteiger partial charge on any atom is -0.371 e. The third-order valence-electron chi connectivity index (χ3n) is 9.42. The number of benzene rings is 2. The number of para-hydroxylation sites is 1. The summed E-state index contributed by atoms with van der Waals surface area (Å²) in [6.45, 7) is 13.7. The summed E-state index contributed by atoms with van der Waals surface area (Å²) < 4.78 is 2.18. The lowest BCUT2D eigenvalue weighted by atomic mass is 9.94. The van der Waals surface area contributed by atoms with Crippen LogP contribution in [0, 0.1) is 26.7 Å². The molecule has 8 nitrogen and oxygen atoms in total. The van der Waals surface area contributed by atoms with Crippen molar-refractivity contribution >= 4 is 34.3 Å². The van der Waals surface area contributed by atoms with E-state index in [-0.39, 0.29) is 12.0 Å². The van der Waals surface area contributed by atoms with Gasteiger partial charge in [0.15, 0.2) is 5.82 Å². The van der Waals surface area contributed by atoms with E-state index < -0.39 is 0 Å². The van der Waals surface area contributed by atoms with Gasteiger partial charge in [-0.15, -0.1) is 21.5 Å². The van der Waals surface area contributed by atoms with Crippen LogP contribution in [0.5, 0.6) is 0 Å². The Morgan fingerprint density at radius 2 is 1.47 bits per heavy atom. The van der Waals surface area contributed by atoms with Crippen LogP contribution < -0.4 is 9.80 Å². The van der Waals surface area contributed by atoms with Crippen LogP contribution in [0.3, 0.4) is 0 Å². The van der Waals surface area contributed by atoms with Crippen LogP contribution in [0.1, 0.15) is 59.0 Å². The van der Waals surface area contributed by atoms with Crippen molar-refractivity contribution < 1.29 is 4.79 Å². The van der Waals surface area contributed by atoms with Crippen LogP contribution in [0.25, 0.3) is 5.00 Å². The van der Waals surface area contributed by atoms with E-state index in [4.69, 9.17) is 4.99 Å². The van der Waals surface area contributed by atoms with Gasteiger partial charge in [-0.05, 0) is 70.4 Å². The van der Waals surface area contributed by atoms with Crippen LogP contribution >= 0.6 is 11.3 Å². The first kappa shape index (κ1) is 27.8. The van der Waals surface area contributed by atoms with Gasteiger partial charge in [0.25, 0.3) is 0 Å². The number of aryl methyl sites for hydroxylation is 2. The Bertz CT molecular complexity index is 1660. The third kappa shape index (κ3) is 5.03. The molecule has 2 aromatic heterocycles. The number of aromatic nitrogens is 3. The second-order valence-corrected chi connectivity index (χ2v) is 13.2. The predicted octanol–water partition coefficient (Wildman–Crippen LogP) is 5.73. The number of nitrogens with zero attached hydrogens (tertiary/aromatic N) is 7. The van der Waals surface area contributed by atoms with E-state index in [1.807, 2.05) is 13.0 Å². The molecule has 0 unspecified atom stereocenters. The minimum atomic E-state index is -0.0898. The molecule has 3 aliphatic rings. The first-order valence-electron chi connectivity index (χ1n) is 15.4. The molecule has 1 amide bonds. The maximum Gasteiger partial charge on any atom is 0.225 e. The number of amides is 1. The van der Waals surface area contributed by atoms with Crippen LogP contribution in [-0.2, 0) is 4.79 Å². The topological polar surface area (TPSA) is 69.9 Å². The van der Waals surface area contributed by atoms with Crippen LogP contribution in [0.15, 0.2) is 59.6 Å². The average molecular weight is 594 g/mol. The Morgan fingerprint density at radius 1 is 0.814 bits per heavy atom. The molecule has 0 saturated carbocycles. The summed E-state index contributed by atoms with van der Waals surface area (Å²) in [5, 5.41) is 10.0. The number of aliphatic imine (C=N–C) groups is 1. The number of hydrogen-bond donors (Lipinski definition) is 0. The van der Waals surface area contributed by atoms with E-state index in [2.05, 4.69) is 98.8 Å². The fraction of sp³-hybridized carbons (Fsp3) is 0.412. The number of fused-ring (bicyclic) bond motifs is 3. The molecular formula is C34H39N7OS. The molecular weight excluding hydrogens is 554 g/mol. The second-order valence-electron chi connectivity index (χ2n) is 12.0. The highest BCUT2D eigenvalue weighted by Crippen LogP contribution is 2.39. The molecule has 2 aromatic carbocycles. The molecule has 43 heavy (non-hydrogen) atoms. The first-order chi connectivity index (χ1) is 20.9. The highest BCUT2D eigenvalue weighted by molar-refractivity contribution is 7.15. The maximum atomic E-state index is 13.4. The molecule has 3 aliphatic heterocycles. The highest BCUT2D eigenvalue weighted by atomic mass is 32.1. The molecule has 0 spiro atoms. The lowest BCUT2D eigenvalue weighted by molar-refractivity contribution is -0.136. The van der Waals surface area contributed by atoms with Crippen molar-refractivity contribution in [2.24, 2.45) is 10.9 Å². The number of piperazine rings is 1. The summed E-state index contributed by atoms with van der Waals surface area (Å²) in [7, 11) is 0. The molecule has 9 heteroatoms. The van der Waals surface area contributed by atoms with Crippen molar-refractivity contribution in [3.05, 3.63) is 87.8 Å². The van der Waals surface area contributed by atoms with Crippen LogP contribution in [0.4, 0.5) is 11.4 Å². The Hall–Kier alpha value is -3.98. The van der Waals surface area contributed by atoms with Gasteiger partial charge < -0.3 is 14.7 Å². The zero-order valence-corrected chi connectivity index (χ0v) is 26.3. The fourth-order valence-corrected chi connectivity index (χ4v) is 7.99. The molecule has 4 aromatic rings. The quantitative estimate of drug-likeness (QED) is 0.302. The smallest absolute Gasteiger partial charge is 0.225 e. The first-order valence-corrected chi connectivity index (χ1v) is 16.3. The molecule has 222 valence electrons. The van der Waals surface area contributed by atoms with Gasteiger partial charge in [0, 0.05) is 72.6 Å². The van der Waals surface area contributed by atoms with Crippen LogP contribution in [-0.4, -0.2) is 70.6 Å². The summed E-state index contributed by atoms with van der Waals surface area (Å²) >= 11 is 1.79. The van der Waals surface area contributed by atoms with Crippen molar-refractivity contribution in [2.45, 2.75) is 46.6 Å². The van der Waals surface area contributed by atoms with Gasteiger partial charge in [-0.3, -0.25) is 14.4 Å². The minimum absolute atomic E-state index is 0.0898. The average Bonchev–Trinajstić information content (AvgIpc) is 3.54. The van der Waals surface area contributed by atoms with Gasteiger partial charge in [0.05, 0.1) is 5.71 Å². The predicted molar refractivity (Wildman–Crippen MR) is 174 cm³/mol. The molecule has 0 aliphatic carbocycles. The highest BCUT2D eigenvalue weighted by Gasteiger charge is 2.32. The van der Waals surface area contributed by atoms with E-state index in [9.17, 15) is 4.79 Å². The van der Waals surface area contributed by atoms with Gasteiger partial charge in [-0.1, -0.05) is 30.3 Å². The number of carbonyl (C=O) groups excluding carboxylic acids is 1. The summed E-state index contributed by atoms with van der Waals surface area (Å²) in [6, 6.07) is 19.3. The van der Waals surface area contributed by atoms with Crippen molar-refractivity contribution in [3.63, 3.8) is 0 Å². The van der Waals surface area contributed by atoms with E-state index in [0.29, 0.717) is 5.91 Å². The summed E-state index contributed by atoms with van der Waals surface area (Å²) in [5.41, 5.74) is 7.05. The van der Waals surface area contributed by atoms with Crippen LogP contribution in [0.2, 0.25) is 0 Å². The van der Waals surface area contributed by atoms with Crippen molar-refractivity contribution in [3.8, 4) is 5.00 Å². The summed E-state index contributed by atoms with van der Waals surface area (Å²) in [5.74, 6) is 2.24. The van der Waals surface area contributed by atoms with Crippen molar-refractivity contribution in [2.75, 3.05) is 49.1 Å². The molecule has 0 N–H and O–H groups in total. The molecule has 0 radical (unpaired) electrons. The van der Waals surface area contributed by atoms with Crippen molar-refractivity contribution in [1.82, 2.24) is 19.7 Å². The Morgan fingerprint density at radius 3 is 2.16 bits per heavy atom. The number of thiophene rings is 1. The van der Waals surface area contributed by atoms with E-state index in [0.717, 1.165) is 80.0 Å². The van der Waals surface area contributed by atoms with E-state index in [1.54, 1.807) is 11.3 Å². The Kier molecular flexibility index (Phi) is 7.29. The zero-order chi connectivity index (χ0) is 29.7. The monoisotopic (exact) mass is 593 g/mol. The number of anilines is 2. The molecule has 2 saturated heterocycles. The van der Waals surface area contributed by atoms with Crippen molar-refractivity contribution in [1.29, 1.82) is 0 Å². The number of hydrogen-bond acceptors (Lipinski definition) is 7. The number of carbonyl (C=O) groups is 1. The summed E-state index contributed by atoms with van der Waals surface area (Å²) in [4.78, 5) is 26.8. The maximum absolute atomic E-state index is 13.4. The standard InChI is InChI=1S/C34H39N7OS/c1-22-24(3)43-34-30(22)31(35-23(2)32-37-36-25(4)41(32)34)26-10-12-29(13-11-26)38-16-14-27(15-17-38)33(42)40-20-18-39(19-21-40)28-8-6-5-7-9-28/h5-13,23,27H,14-21H2,1-4H3/t23-/m0/s1. The fourth-order valence-electron chi connectivity index (χ4n) is 6.78. The third-order valence-corrected chi connectivity index (χ3v) is 10.6. The second kappa shape index (κ2) is 11.3. The van der Waals surface area contributed by atoms with Gasteiger partial charge in [-0.2, -0.15) is 0 Å². The lowest BCUT2D eigenvalue weighted by Crippen LogP contribution is -2.51. The summed E-state index contributed by atoms with van der Waals surface area (Å²) in [6.07, 6.45) is 1.80. The van der Waals surface area contributed by atoms with Gasteiger partial charge in [-0.25, -0.2) is 0 Å². The Labute approximate surface area is 257 Å². The molecule has 7 rings (SSSR count). The largest absolute Gasteiger partial charge is 0.371 e.